The quantitative estimate of drug-likeness (QED) is 0.802. The molecule has 0 aromatic heterocycles. The highest BCUT2D eigenvalue weighted by molar-refractivity contribution is 6.19. The van der Waals surface area contributed by atoms with Gasteiger partial charge in [0.15, 0.2) is 0 Å². The van der Waals surface area contributed by atoms with Gasteiger partial charge in [0.25, 0.3) is 11.8 Å². The van der Waals surface area contributed by atoms with Crippen molar-refractivity contribution in [3.05, 3.63) is 30.3 Å². The molecule has 1 unspecified atom stereocenters. The number of imide groups is 1. The Kier molecular flexibility index (Phi) is 4.80. The normalized spacial score (nSPS) is 18.0. The summed E-state index contributed by atoms with van der Waals surface area (Å²) in [5, 5.41) is 2.16. The predicted octanol–water partition coefficient (Wildman–Crippen LogP) is 2.26. The molecule has 118 valence electrons. The monoisotopic (exact) mass is 303 g/mol. The predicted molar refractivity (Wildman–Crippen MR) is 82.9 cm³/mol. The van der Waals surface area contributed by atoms with E-state index < -0.39 is 17.9 Å². The molecule has 1 aliphatic rings. The Morgan fingerprint density at radius 3 is 2.32 bits per heavy atom. The van der Waals surface area contributed by atoms with Crippen molar-refractivity contribution in [3.8, 4) is 0 Å². The largest absolute Gasteiger partial charge is 0.346 e. The maximum Gasteiger partial charge on any atom is 0.346 e. The van der Waals surface area contributed by atoms with Gasteiger partial charge in [-0.1, -0.05) is 38.0 Å². The zero-order valence-corrected chi connectivity index (χ0v) is 13.2. The first-order chi connectivity index (χ1) is 10.5. The first kappa shape index (κ1) is 16.0. The van der Waals surface area contributed by atoms with Crippen LogP contribution in [0, 0.1) is 5.92 Å². The van der Waals surface area contributed by atoms with Crippen LogP contribution in [-0.2, 0) is 9.59 Å². The number of rotatable bonds is 4. The molecule has 2 rings (SSSR count). The van der Waals surface area contributed by atoms with Crippen molar-refractivity contribution in [2.75, 3.05) is 19.1 Å². The molecular weight excluding hydrogens is 282 g/mol. The zero-order chi connectivity index (χ0) is 16.3. The number of para-hydroxylation sites is 1. The maximum atomic E-state index is 12.7. The molecule has 1 aliphatic heterocycles. The lowest BCUT2D eigenvalue weighted by Crippen LogP contribution is -2.49. The number of urea groups is 1. The second-order valence-corrected chi connectivity index (χ2v) is 5.51. The summed E-state index contributed by atoms with van der Waals surface area (Å²) in [5.41, 5.74) is 0.523. The second kappa shape index (κ2) is 6.60. The molecule has 0 aliphatic carbocycles. The van der Waals surface area contributed by atoms with Crippen LogP contribution in [0.1, 0.15) is 26.2 Å². The molecule has 4 amide bonds. The third-order valence-corrected chi connectivity index (χ3v) is 3.62. The molecule has 1 fully saturated rings. The number of hydrogen-bond acceptors (Lipinski definition) is 3. The number of amides is 4. The van der Waals surface area contributed by atoms with Crippen molar-refractivity contribution in [1.29, 1.82) is 0 Å². The fourth-order valence-electron chi connectivity index (χ4n) is 2.43. The topological polar surface area (TPSA) is 60.9 Å². The summed E-state index contributed by atoms with van der Waals surface area (Å²) in [7, 11) is 3.12. The Hall–Kier alpha value is -2.37. The van der Waals surface area contributed by atoms with Gasteiger partial charge in [0, 0.05) is 14.1 Å². The van der Waals surface area contributed by atoms with Gasteiger partial charge >= 0.3 is 6.03 Å². The fraction of sp³-hybridized carbons (Fsp3) is 0.438. The van der Waals surface area contributed by atoms with Crippen molar-refractivity contribution < 1.29 is 14.4 Å². The molecule has 0 bridgehead atoms. The lowest BCUT2D eigenvalue weighted by atomic mass is 10.0. The molecular formula is C16H21N3O3. The van der Waals surface area contributed by atoms with E-state index in [1.54, 1.807) is 38.4 Å². The molecule has 1 atom stereocenters. The van der Waals surface area contributed by atoms with E-state index in [0.29, 0.717) is 12.1 Å². The highest BCUT2D eigenvalue weighted by Crippen LogP contribution is 2.30. The van der Waals surface area contributed by atoms with Crippen LogP contribution in [0.2, 0.25) is 0 Å². The minimum atomic E-state index is -0.774. The Bertz CT molecular complexity index is 571. The van der Waals surface area contributed by atoms with E-state index in [9.17, 15) is 14.4 Å². The highest BCUT2D eigenvalue weighted by Gasteiger charge is 2.49. The van der Waals surface area contributed by atoms with E-state index in [2.05, 4.69) is 0 Å². The van der Waals surface area contributed by atoms with Crippen LogP contribution in [0.4, 0.5) is 10.5 Å². The Labute approximate surface area is 130 Å². The maximum absolute atomic E-state index is 12.7. The van der Waals surface area contributed by atoms with E-state index >= 15 is 0 Å². The van der Waals surface area contributed by atoms with E-state index in [0.717, 1.165) is 17.9 Å². The number of carbonyl (C=O) groups excluding carboxylic acids is 3. The Morgan fingerprint density at radius 1 is 1.14 bits per heavy atom. The smallest absolute Gasteiger partial charge is 0.329 e. The van der Waals surface area contributed by atoms with Gasteiger partial charge in [-0.25, -0.2) is 9.80 Å². The summed E-state index contributed by atoms with van der Waals surface area (Å²) in [6.07, 6.45) is 2.13. The number of carbonyl (C=O) groups is 3. The minimum absolute atomic E-state index is 0.333. The summed E-state index contributed by atoms with van der Waals surface area (Å²) < 4.78 is 0. The van der Waals surface area contributed by atoms with Crippen molar-refractivity contribution in [3.63, 3.8) is 0 Å². The number of hydrazine groups is 1. The molecule has 0 N–H and O–H groups in total. The molecule has 1 heterocycles. The summed E-state index contributed by atoms with van der Waals surface area (Å²) in [4.78, 5) is 38.9. The minimum Gasteiger partial charge on any atom is -0.329 e. The van der Waals surface area contributed by atoms with Crippen LogP contribution in [0.25, 0.3) is 0 Å². The molecule has 0 radical (unpaired) electrons. The molecule has 22 heavy (non-hydrogen) atoms. The molecule has 1 aromatic carbocycles. The van der Waals surface area contributed by atoms with Gasteiger partial charge < -0.3 is 4.90 Å². The highest BCUT2D eigenvalue weighted by atomic mass is 16.2. The molecule has 0 saturated carbocycles. The summed E-state index contributed by atoms with van der Waals surface area (Å²) in [5.74, 6) is -1.55. The van der Waals surface area contributed by atoms with Crippen LogP contribution in [0.15, 0.2) is 30.3 Å². The summed E-state index contributed by atoms with van der Waals surface area (Å²) >= 11 is 0. The third kappa shape index (κ3) is 2.81. The van der Waals surface area contributed by atoms with Gasteiger partial charge in [0.2, 0.25) is 0 Å². The Balaban J connectivity index is 2.40. The average molecular weight is 303 g/mol. The fourth-order valence-corrected chi connectivity index (χ4v) is 2.43. The zero-order valence-electron chi connectivity index (χ0n) is 13.2. The van der Waals surface area contributed by atoms with Gasteiger partial charge in [0.05, 0.1) is 5.69 Å². The molecule has 1 saturated heterocycles. The van der Waals surface area contributed by atoms with Crippen molar-refractivity contribution in [1.82, 2.24) is 9.91 Å². The van der Waals surface area contributed by atoms with E-state index in [1.165, 1.54) is 9.91 Å². The first-order valence-electron chi connectivity index (χ1n) is 7.43. The standard InChI is InChI=1S/C16H21N3O3/c1-4-5-11-13-14(20)18(12-9-7-6-8-10-12)19(15(13)21)16(22)17(2)3/h6-10,13H,4-5,11H2,1-3H3. The van der Waals surface area contributed by atoms with Crippen LogP contribution < -0.4 is 5.01 Å². The number of nitrogens with zero attached hydrogens (tertiary/aromatic N) is 3. The second-order valence-electron chi connectivity index (χ2n) is 5.51. The third-order valence-electron chi connectivity index (χ3n) is 3.62. The summed E-state index contributed by atoms with van der Waals surface area (Å²) in [6, 6.07) is 8.27. The average Bonchev–Trinajstić information content (AvgIpc) is 2.76. The first-order valence-corrected chi connectivity index (χ1v) is 7.43. The molecule has 6 nitrogen and oxygen atoms in total. The number of benzene rings is 1. The summed E-state index contributed by atoms with van der Waals surface area (Å²) in [6.45, 7) is 2.00. The lowest BCUT2D eigenvalue weighted by molar-refractivity contribution is -0.130. The van der Waals surface area contributed by atoms with E-state index in [-0.39, 0.29) is 5.91 Å². The van der Waals surface area contributed by atoms with Crippen molar-refractivity contribution >= 4 is 23.5 Å². The van der Waals surface area contributed by atoms with Gasteiger partial charge in [0.1, 0.15) is 5.92 Å². The van der Waals surface area contributed by atoms with Gasteiger partial charge in [-0.2, -0.15) is 5.01 Å². The van der Waals surface area contributed by atoms with Crippen LogP contribution in [0.3, 0.4) is 0 Å². The van der Waals surface area contributed by atoms with Crippen LogP contribution in [-0.4, -0.2) is 41.8 Å². The van der Waals surface area contributed by atoms with Gasteiger partial charge in [-0.3, -0.25) is 9.59 Å². The van der Waals surface area contributed by atoms with E-state index in [4.69, 9.17) is 0 Å². The van der Waals surface area contributed by atoms with Crippen LogP contribution >= 0.6 is 0 Å². The van der Waals surface area contributed by atoms with E-state index in [1.807, 2.05) is 13.0 Å². The molecule has 6 heteroatoms. The van der Waals surface area contributed by atoms with Gasteiger partial charge in [-0.15, -0.1) is 0 Å². The Morgan fingerprint density at radius 2 is 1.77 bits per heavy atom. The van der Waals surface area contributed by atoms with Crippen LogP contribution in [0.5, 0.6) is 0 Å². The molecule has 1 aromatic rings. The SMILES string of the molecule is CCCCC1C(=O)N(C(=O)N(C)C)N(c2ccccc2)C1=O. The van der Waals surface area contributed by atoms with Crippen molar-refractivity contribution in [2.45, 2.75) is 26.2 Å². The molecule has 0 spiro atoms. The number of unbranched alkanes of at least 4 members (excludes halogenated alkanes) is 1. The lowest BCUT2D eigenvalue weighted by Gasteiger charge is -2.28. The van der Waals surface area contributed by atoms with Gasteiger partial charge in [-0.05, 0) is 18.6 Å². The van der Waals surface area contributed by atoms with Crippen molar-refractivity contribution in [2.24, 2.45) is 5.92 Å². The number of hydrogen-bond donors (Lipinski definition) is 0. The number of anilines is 1.